The Kier molecular flexibility index (Phi) is 36.9. The molecule has 6 aromatic carbocycles. The Bertz CT molecular complexity index is 6520. The van der Waals surface area contributed by atoms with Crippen molar-refractivity contribution in [1.82, 2.24) is 53.9 Å². The number of aliphatic hydroxyl groups excluding tert-OH is 1. The lowest BCUT2D eigenvalue weighted by Crippen LogP contribution is -2.37. The first-order chi connectivity index (χ1) is 66.1. The van der Waals surface area contributed by atoms with E-state index in [1.165, 1.54) is 55.3 Å². The van der Waals surface area contributed by atoms with E-state index in [1.54, 1.807) is 83.1 Å². The van der Waals surface area contributed by atoms with Crippen LogP contribution in [0.15, 0.2) is 197 Å². The summed E-state index contributed by atoms with van der Waals surface area (Å²) >= 11 is 13.0. The zero-order valence-electron chi connectivity index (χ0n) is 78.3. The molecule has 6 aromatic heterocycles. The van der Waals surface area contributed by atoms with Crippen molar-refractivity contribution in [2.45, 2.75) is 144 Å². The number of ketones is 3. The lowest BCUT2D eigenvalue weighted by atomic mass is 9.97. The number of aryl methyl sites for hydroxylation is 3. The molecule has 10 heterocycles. The van der Waals surface area contributed by atoms with Crippen molar-refractivity contribution in [1.29, 1.82) is 0 Å². The molecule has 2 amide bonds. The molecule has 12 aromatic rings. The highest BCUT2D eigenvalue weighted by atomic mass is 35.5. The maximum atomic E-state index is 13.5. The number of thioether (sulfide) groups is 1. The molecule has 17 rings (SSSR count). The Morgan fingerprint density at radius 1 is 0.725 bits per heavy atom. The molecule has 0 saturated carbocycles. The van der Waals surface area contributed by atoms with E-state index in [-0.39, 0.29) is 105 Å². The number of benzene rings is 6. The number of anilines is 3. The number of imide groups is 1. The number of hydrogen-bond donors (Lipinski definition) is 6. The molecule has 1 aliphatic carbocycles. The first-order valence-electron chi connectivity index (χ1n) is 45.7. The quantitative estimate of drug-likeness (QED) is 0.00504. The van der Waals surface area contributed by atoms with Crippen molar-refractivity contribution in [2.75, 3.05) is 102 Å². The van der Waals surface area contributed by atoms with Gasteiger partial charge >= 0.3 is 6.11 Å². The fourth-order valence-electron chi connectivity index (χ4n) is 15.8. The summed E-state index contributed by atoms with van der Waals surface area (Å²) < 4.78 is 87.0. The number of hydrogen-bond acceptors (Lipinski definition) is 24. The highest BCUT2D eigenvalue weighted by molar-refractivity contribution is 8.18. The lowest BCUT2D eigenvalue weighted by Gasteiger charge is -2.29. The predicted molar refractivity (Wildman–Crippen MR) is 530 cm³/mol. The minimum Gasteiger partial charge on any atom is -0.506 e. The molecular formula is C103H112Cl2F5N15O12S. The number of imidazole rings is 2. The number of nitrogens with zero attached hydrogens (tertiary/aromatic N) is 11. The van der Waals surface area contributed by atoms with Gasteiger partial charge in [0.2, 0.25) is 16.5 Å². The van der Waals surface area contributed by atoms with Gasteiger partial charge in [-0.3, -0.25) is 48.8 Å². The van der Waals surface area contributed by atoms with Crippen LogP contribution < -0.4 is 36.2 Å². The molecule has 35 heteroatoms. The van der Waals surface area contributed by atoms with Gasteiger partial charge in [-0.25, -0.2) is 37.2 Å². The Hall–Kier alpha value is -12.9. The third-order valence-corrected chi connectivity index (χ3v) is 24.7. The number of phenolic OH excluding ortho intramolecular Hbond substituents is 1. The van der Waals surface area contributed by atoms with E-state index >= 15 is 0 Å². The molecule has 4 aliphatic heterocycles. The number of carbonyl (C=O) groups is 6. The number of nitrogens with one attached hydrogen (secondary N) is 4. The van der Waals surface area contributed by atoms with Crippen LogP contribution in [0.2, 0.25) is 10.0 Å². The second kappa shape index (κ2) is 48.9. The smallest absolute Gasteiger partial charge is 0.394 e. The van der Waals surface area contributed by atoms with Crippen LogP contribution >= 0.6 is 35.0 Å². The fraction of sp³-hybridized carbons (Fsp3) is 0.350. The number of ether oxygens (including phenoxy) is 3. The summed E-state index contributed by atoms with van der Waals surface area (Å²) in [5, 5.41) is 41.4. The van der Waals surface area contributed by atoms with Crippen molar-refractivity contribution < 1.29 is 75.1 Å². The number of aliphatic hydroxyl groups is 1. The number of amides is 2. The van der Waals surface area contributed by atoms with Crippen LogP contribution in [0.25, 0.3) is 56.9 Å². The molecule has 1 atom stereocenters. The number of fused-ring (bicyclic) bond motifs is 4. The van der Waals surface area contributed by atoms with Gasteiger partial charge in [-0.15, -0.1) is 10.2 Å². The number of carbonyl (C=O) groups excluding carboxylic acids is 6. The molecule has 0 radical (unpaired) electrons. The van der Waals surface area contributed by atoms with Crippen LogP contribution in [-0.2, 0) is 42.8 Å². The number of aromatic hydroxyl groups is 1. The average Bonchev–Trinajstić information content (AvgIpc) is 1.53. The summed E-state index contributed by atoms with van der Waals surface area (Å²) in [5.41, 5.74) is 11.7. The highest BCUT2D eigenvalue weighted by Crippen LogP contribution is 2.36. The van der Waals surface area contributed by atoms with Crippen LogP contribution in [0.4, 0.5) is 39.4 Å². The molecule has 726 valence electrons. The molecule has 0 bridgehead atoms. The number of alkyl halides is 4. The number of allylic oxidation sites excluding steroid dienone is 1. The summed E-state index contributed by atoms with van der Waals surface area (Å²) in [7, 11) is 2.15. The minimum atomic E-state index is -3.23. The van der Waals surface area contributed by atoms with Crippen LogP contribution in [0, 0.1) is 25.6 Å². The maximum absolute atomic E-state index is 13.5. The van der Waals surface area contributed by atoms with Crippen LogP contribution in [-0.4, -0.2) is 197 Å². The van der Waals surface area contributed by atoms with Gasteiger partial charge in [0.05, 0.1) is 95.5 Å². The van der Waals surface area contributed by atoms with Gasteiger partial charge in [0.25, 0.3) is 11.8 Å². The molecule has 4 saturated heterocycles. The Balaban J connectivity index is 0.000000150. The number of likely N-dealkylation sites (tertiary alicyclic amines) is 1. The van der Waals surface area contributed by atoms with E-state index in [9.17, 15) is 65.7 Å². The van der Waals surface area contributed by atoms with Crippen molar-refractivity contribution in [2.24, 2.45) is 10.9 Å². The zero-order chi connectivity index (χ0) is 98.9. The topological polar surface area (TPSA) is 333 Å². The van der Waals surface area contributed by atoms with Gasteiger partial charge < -0.3 is 49.8 Å². The molecule has 4 fully saturated rings. The Morgan fingerprint density at radius 3 is 2.07 bits per heavy atom. The third-order valence-electron chi connectivity index (χ3n) is 23.2. The Labute approximate surface area is 810 Å². The zero-order valence-corrected chi connectivity index (χ0v) is 80.6. The average molecular weight is 1950 g/mol. The van der Waals surface area contributed by atoms with Crippen LogP contribution in [0.3, 0.4) is 0 Å². The van der Waals surface area contributed by atoms with E-state index in [4.69, 9.17) is 37.4 Å². The minimum absolute atomic E-state index is 0.00835. The summed E-state index contributed by atoms with van der Waals surface area (Å²) in [6.07, 6.45) is 11.9. The third kappa shape index (κ3) is 28.9. The van der Waals surface area contributed by atoms with Crippen molar-refractivity contribution >= 4 is 127 Å². The number of phenols is 1. The number of Topliss-reactive ketones (excluding diaryl/α,β-unsaturated/α-hetero) is 3. The number of piperidine rings is 1. The van der Waals surface area contributed by atoms with E-state index in [1.807, 2.05) is 111 Å². The number of morpholine rings is 1. The van der Waals surface area contributed by atoms with Crippen molar-refractivity contribution in [3.8, 4) is 39.8 Å². The van der Waals surface area contributed by atoms with Crippen LogP contribution in [0.5, 0.6) is 17.2 Å². The van der Waals surface area contributed by atoms with Gasteiger partial charge in [0, 0.05) is 103 Å². The maximum Gasteiger partial charge on any atom is 0.394 e. The number of aliphatic imine (C=N–C) groups is 1. The number of rotatable bonds is 28. The standard InChI is InChI=1S/C24H31ClN4O2.C21H25F2N5O.C17H19FN4O.C14H12ClNO3.C14H14O3S.C13H11F2NO2/c1-3-22(21-6-5-20(25)15-18(21)2)28-17-23(30)19-7-9-27-24(16-19)26-8-4-10-29-11-13-31-14-12-29;1-21(22,23)29-17-5-3-4-16(12-17)18-14-25-20-7-6-19(26-28(18)20)24-13-15-8-10-27(2)11-9-15;1-3-13(10-23)20-16-6-7-17-19-9-15(22(17)21-16)12-4-5-14(18)11(2)8-12;1-2-16-9-3-4-11(17)13(9)14(19)7-5-12(18)8(15)6-10(7)16;1-2-7-17-11-5-3-10(4-6-11)8-13-12(15)9-14(16)18-13;1-13(14,15)10-4-2-3-8(6-10)5-9-7-11(17)16-12(9)18/h5-7,9,15-16H,3-4,8,10-14,17H2,1-2H3,(H,26,27);3-7,12,14-15H,8-11,13H2,1-2H3,(H,24,26);4-9,13,23H,3,10H2,1-2H3,(H,20,21);5-6,18H,2-4H2,1H3;3-6,8H,2,7,9H2,1H3;2-6H,7H2,1H3,(H,16,17,18)/b;;;;13-8-;9-5+. The molecule has 1 unspecified atom stereocenters. The first kappa shape index (κ1) is 104. The summed E-state index contributed by atoms with van der Waals surface area (Å²) in [4.78, 5) is 105. The van der Waals surface area contributed by atoms with E-state index in [2.05, 4.69) is 75.2 Å². The highest BCUT2D eigenvalue weighted by Gasteiger charge is 2.31. The molecule has 6 N–H and O–H groups in total. The van der Waals surface area contributed by atoms with Gasteiger partial charge in [-0.2, -0.15) is 8.78 Å². The van der Waals surface area contributed by atoms with E-state index in [0.717, 1.165) is 167 Å². The normalized spacial score (nSPS) is 15.5. The second-order valence-electron chi connectivity index (χ2n) is 33.8. The number of pyridine rings is 2. The first-order valence-corrected chi connectivity index (χ1v) is 47.3. The van der Waals surface area contributed by atoms with E-state index < -0.39 is 17.9 Å². The molecule has 5 aliphatic rings. The largest absolute Gasteiger partial charge is 0.506 e. The van der Waals surface area contributed by atoms with Gasteiger partial charge in [-0.1, -0.05) is 92.5 Å². The molecule has 27 nitrogen and oxygen atoms in total. The molecular weight excluding hydrogens is 1840 g/mol. The SMILES string of the molecule is CC(F)(F)c1cccc(/C=C2\CC(=O)NC2=O)c1.CCC(=NCC(=O)c1ccnc(NCCCN2CCOCC2)c1)c1ccc(Cl)cc1C.CCC(CO)Nc1ccc2ncc(-c3ccc(F)c(C)c3)n2n1.CCCOc1ccc(/C=C2\SC(=O)CC2=O)cc1.CCn1c2c(c(=O)c3cc(O)c(Cl)cc31)C(=O)CC2.CN1CCC(CNc2ccc3ncc(-c4cccc(OC(C)(F)F)c4)n3n2)CC1. The monoisotopic (exact) mass is 1950 g/mol. The lowest BCUT2D eigenvalue weighted by molar-refractivity contribution is -0.159. The number of halogens is 7. The molecule has 0 spiro atoms. The summed E-state index contributed by atoms with van der Waals surface area (Å²) in [5.74, 6) is -0.644. The summed E-state index contributed by atoms with van der Waals surface area (Å²) in [6, 6.07) is 44.5. The van der Waals surface area contributed by atoms with Crippen LogP contribution in [0.1, 0.15) is 159 Å². The fourth-order valence-corrected chi connectivity index (χ4v) is 17.0. The van der Waals surface area contributed by atoms with Crippen molar-refractivity contribution in [3.63, 3.8) is 0 Å². The van der Waals surface area contributed by atoms with Crippen molar-refractivity contribution in [3.05, 3.63) is 263 Å². The second-order valence-corrected chi connectivity index (χ2v) is 35.7. The molecule has 138 heavy (non-hydrogen) atoms. The number of aromatic nitrogens is 8. The van der Waals surface area contributed by atoms with Gasteiger partial charge in [-0.05, 0) is 259 Å². The van der Waals surface area contributed by atoms with Gasteiger partial charge in [0.1, 0.15) is 47.1 Å². The Morgan fingerprint density at radius 2 is 1.43 bits per heavy atom. The van der Waals surface area contributed by atoms with E-state index in [0.29, 0.717) is 97.8 Å². The van der Waals surface area contributed by atoms with Gasteiger partial charge in [0.15, 0.2) is 28.6 Å². The predicted octanol–water partition coefficient (Wildman–Crippen LogP) is 19.2. The summed E-state index contributed by atoms with van der Waals surface area (Å²) in [6.45, 7) is 23.4.